The topological polar surface area (TPSA) is 78.8 Å². The molecule has 1 aliphatic carbocycles. The molecular formula is C25H32F3NO4. The zero-order valence-corrected chi connectivity index (χ0v) is 19.0. The number of hydrogen-bond donors (Lipinski definition) is 3. The summed E-state index contributed by atoms with van der Waals surface area (Å²) in [7, 11) is 0. The number of ether oxygens (including phenoxy) is 1. The highest BCUT2D eigenvalue weighted by Gasteiger charge is 2.38. The van der Waals surface area contributed by atoms with Crippen LogP contribution in [0.4, 0.5) is 18.0 Å². The lowest BCUT2D eigenvalue weighted by Crippen LogP contribution is -2.45. The van der Waals surface area contributed by atoms with Crippen LogP contribution in [0.3, 0.4) is 0 Å². The Kier molecular flexibility index (Phi) is 7.77. The van der Waals surface area contributed by atoms with Crippen LogP contribution in [0.25, 0.3) is 10.8 Å². The predicted molar refractivity (Wildman–Crippen MR) is 120 cm³/mol. The first kappa shape index (κ1) is 25.1. The molecule has 1 aliphatic rings. The molecule has 0 saturated heterocycles. The highest BCUT2D eigenvalue weighted by molar-refractivity contribution is 5.89. The number of fused-ring (bicyclic) bond motifs is 1. The quantitative estimate of drug-likeness (QED) is 0.416. The second-order valence-corrected chi connectivity index (χ2v) is 9.20. The average Bonchev–Trinajstić information content (AvgIpc) is 2.76. The fourth-order valence-electron chi connectivity index (χ4n) is 4.69. The van der Waals surface area contributed by atoms with Gasteiger partial charge >= 0.3 is 12.3 Å². The predicted octanol–water partition coefficient (Wildman–Crippen LogP) is 6.46. The number of alkyl halides is 3. The number of carbonyl (C=O) groups is 1. The molecule has 0 aromatic heterocycles. The van der Waals surface area contributed by atoms with Crippen LogP contribution in [-0.2, 0) is 11.7 Å². The Morgan fingerprint density at radius 2 is 1.85 bits per heavy atom. The van der Waals surface area contributed by atoms with Gasteiger partial charge in [-0.25, -0.2) is 4.79 Å². The number of hydrogen-bond acceptors (Lipinski definition) is 3. The Balaban J connectivity index is 1.90. The van der Waals surface area contributed by atoms with E-state index in [0.717, 1.165) is 32.1 Å². The maximum absolute atomic E-state index is 14.1. The SMILES string of the molecule is CCCCC1CCC(Oc2ccc3cc([C@](C)(CO)NC(=O)O)ccc3c2C(F)(F)F)CC1. The highest BCUT2D eigenvalue weighted by Crippen LogP contribution is 2.43. The molecule has 1 amide bonds. The molecule has 33 heavy (non-hydrogen) atoms. The summed E-state index contributed by atoms with van der Waals surface area (Å²) in [6, 6.07) is 7.10. The van der Waals surface area contributed by atoms with E-state index in [4.69, 9.17) is 9.84 Å². The number of carboxylic acid groups (broad SMARTS) is 1. The van der Waals surface area contributed by atoms with Gasteiger partial charge in [-0.2, -0.15) is 13.2 Å². The molecule has 0 heterocycles. The lowest BCUT2D eigenvalue weighted by atomic mass is 9.84. The maximum Gasteiger partial charge on any atom is 0.420 e. The standard InChI is InChI=1S/C25H32F3NO4/c1-3-4-5-16-6-10-19(11-7-16)33-21-13-8-17-14-18(24(2,15-30)29-23(31)32)9-12-20(17)22(21)25(26,27)28/h8-9,12-14,16,19,29-30H,3-7,10-11,15H2,1-2H3,(H,31,32)/t16?,19?,24-/m0/s1. The smallest absolute Gasteiger partial charge is 0.420 e. The molecule has 0 bridgehead atoms. The van der Waals surface area contributed by atoms with Gasteiger partial charge in [0, 0.05) is 0 Å². The number of aliphatic hydroxyl groups is 1. The van der Waals surface area contributed by atoms with Crippen LogP contribution in [-0.4, -0.2) is 29.0 Å². The average molecular weight is 468 g/mol. The lowest BCUT2D eigenvalue weighted by Gasteiger charge is -2.30. The third-order valence-electron chi connectivity index (χ3n) is 6.65. The lowest BCUT2D eigenvalue weighted by molar-refractivity contribution is -0.138. The van der Waals surface area contributed by atoms with Crippen molar-refractivity contribution < 1.29 is 32.9 Å². The maximum atomic E-state index is 14.1. The Labute approximate surface area is 191 Å². The van der Waals surface area contributed by atoms with E-state index in [1.165, 1.54) is 44.0 Å². The second-order valence-electron chi connectivity index (χ2n) is 9.20. The Bertz CT molecular complexity index is 970. The number of aliphatic hydroxyl groups excluding tert-OH is 1. The molecule has 182 valence electrons. The zero-order valence-electron chi connectivity index (χ0n) is 19.0. The molecule has 2 aromatic carbocycles. The first-order valence-electron chi connectivity index (χ1n) is 11.5. The first-order valence-corrected chi connectivity index (χ1v) is 11.5. The summed E-state index contributed by atoms with van der Waals surface area (Å²) in [6.07, 6.45) is 0.739. The number of halogens is 3. The van der Waals surface area contributed by atoms with Gasteiger partial charge in [0.05, 0.1) is 18.2 Å². The van der Waals surface area contributed by atoms with E-state index < -0.39 is 30.0 Å². The van der Waals surface area contributed by atoms with Crippen LogP contribution in [0.15, 0.2) is 30.3 Å². The molecule has 1 atom stereocenters. The normalized spacial score (nSPS) is 20.9. The molecule has 5 nitrogen and oxygen atoms in total. The summed E-state index contributed by atoms with van der Waals surface area (Å²) in [5.74, 6) is 0.454. The summed E-state index contributed by atoms with van der Waals surface area (Å²) >= 11 is 0. The van der Waals surface area contributed by atoms with E-state index in [1.54, 1.807) is 6.07 Å². The van der Waals surface area contributed by atoms with E-state index in [1.807, 2.05) is 0 Å². The molecule has 0 radical (unpaired) electrons. The summed E-state index contributed by atoms with van der Waals surface area (Å²) in [5, 5.41) is 21.3. The molecule has 0 aliphatic heterocycles. The summed E-state index contributed by atoms with van der Waals surface area (Å²) in [4.78, 5) is 11.1. The number of benzene rings is 2. The third kappa shape index (κ3) is 5.91. The van der Waals surface area contributed by atoms with E-state index in [0.29, 0.717) is 16.9 Å². The molecule has 3 rings (SSSR count). The second kappa shape index (κ2) is 10.2. The molecule has 8 heteroatoms. The minimum absolute atomic E-state index is 0.0176. The number of amides is 1. The van der Waals surface area contributed by atoms with Crippen LogP contribution < -0.4 is 10.1 Å². The summed E-state index contributed by atoms with van der Waals surface area (Å²) < 4.78 is 48.2. The van der Waals surface area contributed by atoms with Crippen molar-refractivity contribution in [3.8, 4) is 5.75 Å². The van der Waals surface area contributed by atoms with Gasteiger partial charge in [-0.15, -0.1) is 0 Å². The molecule has 0 unspecified atom stereocenters. The summed E-state index contributed by atoms with van der Waals surface area (Å²) in [5.41, 5.74) is -1.80. The van der Waals surface area contributed by atoms with Crippen molar-refractivity contribution >= 4 is 16.9 Å². The van der Waals surface area contributed by atoms with Gasteiger partial charge in [-0.3, -0.25) is 0 Å². The largest absolute Gasteiger partial charge is 0.490 e. The van der Waals surface area contributed by atoms with Crippen molar-refractivity contribution in [2.45, 2.75) is 76.6 Å². The van der Waals surface area contributed by atoms with Crippen LogP contribution in [0.2, 0.25) is 0 Å². The van der Waals surface area contributed by atoms with Gasteiger partial charge in [0.1, 0.15) is 11.3 Å². The minimum Gasteiger partial charge on any atom is -0.490 e. The van der Waals surface area contributed by atoms with Gasteiger partial charge < -0.3 is 20.3 Å². The van der Waals surface area contributed by atoms with E-state index in [-0.39, 0.29) is 17.2 Å². The molecule has 1 fully saturated rings. The van der Waals surface area contributed by atoms with Crippen molar-refractivity contribution in [2.24, 2.45) is 5.92 Å². The Morgan fingerprint density at radius 3 is 2.42 bits per heavy atom. The molecule has 0 spiro atoms. The fourth-order valence-corrected chi connectivity index (χ4v) is 4.69. The number of nitrogens with one attached hydrogen (secondary N) is 1. The van der Waals surface area contributed by atoms with Gasteiger partial charge in [0.25, 0.3) is 0 Å². The van der Waals surface area contributed by atoms with E-state index in [9.17, 15) is 23.1 Å². The molecule has 2 aromatic rings. The monoisotopic (exact) mass is 467 g/mol. The van der Waals surface area contributed by atoms with Crippen molar-refractivity contribution in [1.82, 2.24) is 5.32 Å². The third-order valence-corrected chi connectivity index (χ3v) is 6.65. The highest BCUT2D eigenvalue weighted by atomic mass is 19.4. The van der Waals surface area contributed by atoms with Crippen LogP contribution in [0.1, 0.15) is 69.9 Å². The zero-order chi connectivity index (χ0) is 24.2. The molecule has 3 N–H and O–H groups in total. The van der Waals surface area contributed by atoms with Crippen LogP contribution in [0.5, 0.6) is 5.75 Å². The van der Waals surface area contributed by atoms with Gasteiger partial charge in [-0.1, -0.05) is 44.4 Å². The van der Waals surface area contributed by atoms with Crippen molar-refractivity contribution in [2.75, 3.05) is 6.61 Å². The van der Waals surface area contributed by atoms with Crippen molar-refractivity contribution in [3.05, 3.63) is 41.5 Å². The fraction of sp³-hybridized carbons (Fsp3) is 0.560. The van der Waals surface area contributed by atoms with Crippen molar-refractivity contribution in [3.63, 3.8) is 0 Å². The Morgan fingerprint density at radius 1 is 1.15 bits per heavy atom. The Hall–Kier alpha value is -2.48. The van der Waals surface area contributed by atoms with Gasteiger partial charge in [-0.05, 0) is 67.0 Å². The van der Waals surface area contributed by atoms with Gasteiger partial charge in [0.2, 0.25) is 0 Å². The first-order chi connectivity index (χ1) is 15.6. The molecular weight excluding hydrogens is 435 g/mol. The minimum atomic E-state index is -4.62. The van der Waals surface area contributed by atoms with E-state index in [2.05, 4.69) is 12.2 Å². The number of unbranched alkanes of at least 4 members (excludes halogenated alkanes) is 1. The van der Waals surface area contributed by atoms with Crippen LogP contribution >= 0.6 is 0 Å². The molecule has 1 saturated carbocycles. The van der Waals surface area contributed by atoms with Crippen molar-refractivity contribution in [1.29, 1.82) is 0 Å². The van der Waals surface area contributed by atoms with E-state index >= 15 is 0 Å². The van der Waals surface area contributed by atoms with Crippen LogP contribution in [0, 0.1) is 5.92 Å². The number of rotatable bonds is 8. The van der Waals surface area contributed by atoms with Gasteiger partial charge in [0.15, 0.2) is 0 Å². The summed E-state index contributed by atoms with van der Waals surface area (Å²) in [6.45, 7) is 3.09.